The van der Waals surface area contributed by atoms with E-state index < -0.39 is 5.63 Å². The summed E-state index contributed by atoms with van der Waals surface area (Å²) in [6, 6.07) is 15.2. The number of aromatic nitrogens is 1. The van der Waals surface area contributed by atoms with E-state index in [1.807, 2.05) is 86.2 Å². The Hall–Kier alpha value is -5.13. The monoisotopic (exact) mass is 655 g/mol. The lowest BCUT2D eigenvalue weighted by molar-refractivity contribution is 0.227. The molecule has 3 aromatic heterocycles. The van der Waals surface area contributed by atoms with Crippen molar-refractivity contribution in [3.05, 3.63) is 65.1 Å². The third-order valence-corrected chi connectivity index (χ3v) is 8.40. The van der Waals surface area contributed by atoms with E-state index in [0.717, 1.165) is 27.4 Å². The van der Waals surface area contributed by atoms with Crippen molar-refractivity contribution in [3.8, 4) is 45.6 Å². The number of ether oxygens (including phenoxy) is 6. The van der Waals surface area contributed by atoms with E-state index >= 15 is 0 Å². The van der Waals surface area contributed by atoms with Crippen molar-refractivity contribution >= 4 is 38.2 Å². The number of hydrogen-bond donors (Lipinski definition) is 0. The zero-order valence-electron chi connectivity index (χ0n) is 28.6. The number of fused-ring (bicyclic) bond motifs is 7. The number of pyridine rings is 1. The average Bonchev–Trinajstić information content (AvgIpc) is 3.43. The van der Waals surface area contributed by atoms with E-state index in [4.69, 9.17) is 32.8 Å². The van der Waals surface area contributed by atoms with Crippen LogP contribution >= 0.6 is 0 Å². The van der Waals surface area contributed by atoms with Gasteiger partial charge in [0, 0.05) is 47.1 Å². The van der Waals surface area contributed by atoms with Gasteiger partial charge in [0.15, 0.2) is 34.5 Å². The number of rotatable bonds is 13. The topological polar surface area (TPSA) is 96.5 Å². The molecule has 0 bridgehead atoms. The second-order valence-electron chi connectivity index (χ2n) is 12.0. The van der Waals surface area contributed by atoms with Gasteiger partial charge in [-0.1, -0.05) is 6.07 Å². The van der Waals surface area contributed by atoms with E-state index in [1.165, 1.54) is 0 Å². The summed E-state index contributed by atoms with van der Waals surface area (Å²) in [6.07, 6.45) is 1.88. The normalized spacial score (nSPS) is 11.7. The molecule has 48 heavy (non-hydrogen) atoms. The molecule has 6 aromatic rings. The second-order valence-corrected chi connectivity index (χ2v) is 12.0. The Balaban J connectivity index is 1.75. The third kappa shape index (κ3) is 5.91. The Bertz CT molecular complexity index is 2180. The lowest BCUT2D eigenvalue weighted by Gasteiger charge is -2.17. The largest absolute Gasteiger partial charge is 0.493 e. The predicted molar refractivity (Wildman–Crippen MR) is 188 cm³/mol. The van der Waals surface area contributed by atoms with Gasteiger partial charge < -0.3 is 47.0 Å². The Morgan fingerprint density at radius 1 is 0.646 bits per heavy atom. The first-order valence-electron chi connectivity index (χ1n) is 15.6. The zero-order valence-corrected chi connectivity index (χ0v) is 28.6. The molecule has 3 aromatic carbocycles. The highest BCUT2D eigenvalue weighted by atomic mass is 16.5. The summed E-state index contributed by atoms with van der Waals surface area (Å²) in [5.74, 6) is 3.37. The quantitative estimate of drug-likeness (QED) is 0.139. The van der Waals surface area contributed by atoms with Crippen LogP contribution in [0, 0.1) is 0 Å². The van der Waals surface area contributed by atoms with E-state index in [-0.39, 0.29) is 0 Å². The molecular formula is C37H41N3O8. The highest BCUT2D eigenvalue weighted by Crippen LogP contribution is 2.46. The Morgan fingerprint density at radius 2 is 1.23 bits per heavy atom. The summed E-state index contributed by atoms with van der Waals surface area (Å²) in [5.41, 5.74) is 2.70. The molecule has 0 radical (unpaired) electrons. The molecule has 6 rings (SSSR count). The molecule has 0 spiro atoms. The maximum absolute atomic E-state index is 14.0. The van der Waals surface area contributed by atoms with Gasteiger partial charge in [-0.2, -0.15) is 0 Å². The molecule has 252 valence electrons. The van der Waals surface area contributed by atoms with Crippen molar-refractivity contribution in [2.45, 2.75) is 0 Å². The summed E-state index contributed by atoms with van der Waals surface area (Å²) in [4.78, 5) is 18.1. The van der Waals surface area contributed by atoms with Crippen LogP contribution in [0.2, 0.25) is 0 Å². The van der Waals surface area contributed by atoms with Gasteiger partial charge in [0.25, 0.3) is 0 Å². The molecule has 0 fully saturated rings. The summed E-state index contributed by atoms with van der Waals surface area (Å²) < 4.78 is 43.1. The van der Waals surface area contributed by atoms with Crippen molar-refractivity contribution in [1.82, 2.24) is 14.2 Å². The molecule has 3 heterocycles. The van der Waals surface area contributed by atoms with Crippen LogP contribution in [-0.2, 0) is 0 Å². The van der Waals surface area contributed by atoms with Crippen LogP contribution < -0.4 is 34.0 Å². The van der Waals surface area contributed by atoms with E-state index in [9.17, 15) is 4.79 Å². The van der Waals surface area contributed by atoms with E-state index in [2.05, 4.69) is 4.90 Å². The Morgan fingerprint density at radius 3 is 1.85 bits per heavy atom. The first-order chi connectivity index (χ1) is 23.2. The Kier molecular flexibility index (Phi) is 9.25. The Labute approximate surface area is 278 Å². The maximum atomic E-state index is 14.0. The summed E-state index contributed by atoms with van der Waals surface area (Å²) in [7, 11) is 14.4. The highest BCUT2D eigenvalue weighted by Gasteiger charge is 2.25. The standard InChI is InChI=1S/C37H41N3O8/c1-38(2)13-15-46-31-20-25-27(21-32(31)47-16-14-39(3)4)48-37(41)36-34(25)33(23-9-10-26(42-5)28(18-23)43-6)35-24-19-30(45-8)29(44-7)17-22(24)11-12-40(35)36/h9-12,17-21H,13-16H2,1-8H3. The minimum atomic E-state index is -0.487. The van der Waals surface area contributed by atoms with Gasteiger partial charge in [-0.15, -0.1) is 0 Å². The molecule has 11 nitrogen and oxygen atoms in total. The van der Waals surface area contributed by atoms with Gasteiger partial charge >= 0.3 is 5.63 Å². The van der Waals surface area contributed by atoms with Crippen LogP contribution in [0.5, 0.6) is 34.5 Å². The number of methoxy groups -OCH3 is 4. The van der Waals surface area contributed by atoms with Crippen LogP contribution in [0.15, 0.2) is 63.9 Å². The van der Waals surface area contributed by atoms with Gasteiger partial charge in [0.2, 0.25) is 0 Å². The second kappa shape index (κ2) is 13.5. The van der Waals surface area contributed by atoms with E-state index in [1.54, 1.807) is 34.5 Å². The van der Waals surface area contributed by atoms with Gasteiger partial charge in [-0.25, -0.2) is 4.79 Å². The zero-order chi connectivity index (χ0) is 34.1. The number of hydrogen-bond acceptors (Lipinski definition) is 10. The molecule has 0 aliphatic heterocycles. The fraction of sp³-hybridized carbons (Fsp3) is 0.324. The van der Waals surface area contributed by atoms with Crippen molar-refractivity contribution in [2.75, 3.05) is 82.9 Å². The predicted octanol–water partition coefficient (Wildman–Crippen LogP) is 5.93. The first kappa shape index (κ1) is 32.8. The molecule has 0 amide bonds. The molecule has 0 saturated carbocycles. The first-order valence-corrected chi connectivity index (χ1v) is 15.6. The van der Waals surface area contributed by atoms with Gasteiger partial charge in [-0.3, -0.25) is 0 Å². The number of nitrogens with zero attached hydrogens (tertiary/aromatic N) is 3. The minimum Gasteiger partial charge on any atom is -0.493 e. The molecule has 0 N–H and O–H groups in total. The van der Waals surface area contributed by atoms with Gasteiger partial charge in [-0.05, 0) is 75.5 Å². The molecule has 0 saturated heterocycles. The van der Waals surface area contributed by atoms with Crippen LogP contribution in [-0.4, -0.2) is 97.1 Å². The van der Waals surface area contributed by atoms with Crippen molar-refractivity contribution < 1.29 is 32.8 Å². The summed E-state index contributed by atoms with van der Waals surface area (Å²) in [5, 5.41) is 3.16. The van der Waals surface area contributed by atoms with Crippen LogP contribution in [0.25, 0.3) is 49.3 Å². The van der Waals surface area contributed by atoms with Crippen LogP contribution in [0.3, 0.4) is 0 Å². The maximum Gasteiger partial charge on any atom is 0.361 e. The average molecular weight is 656 g/mol. The fourth-order valence-electron chi connectivity index (χ4n) is 6.00. The molecule has 0 unspecified atom stereocenters. The molecule has 0 aliphatic rings. The van der Waals surface area contributed by atoms with Crippen molar-refractivity contribution in [3.63, 3.8) is 0 Å². The summed E-state index contributed by atoms with van der Waals surface area (Å²) in [6.45, 7) is 2.28. The number of benzene rings is 3. The lowest BCUT2D eigenvalue weighted by atomic mass is 9.98. The highest BCUT2D eigenvalue weighted by molar-refractivity contribution is 6.22. The number of likely N-dealkylation sites (N-methyl/N-ethyl adjacent to an activating group) is 2. The van der Waals surface area contributed by atoms with Gasteiger partial charge in [0.1, 0.15) is 24.3 Å². The summed E-state index contributed by atoms with van der Waals surface area (Å²) >= 11 is 0. The smallest absolute Gasteiger partial charge is 0.361 e. The SMILES string of the molecule is COc1ccc(-c2c3c4cc(OCCN(C)C)c(OCCN(C)C)cc4oc(=O)c3n3ccc4cc(OC)c(OC)cc4c23)cc1OC. The van der Waals surface area contributed by atoms with Crippen molar-refractivity contribution in [1.29, 1.82) is 0 Å². The minimum absolute atomic E-state index is 0.383. The van der Waals surface area contributed by atoms with Crippen molar-refractivity contribution in [2.24, 2.45) is 0 Å². The fourth-order valence-corrected chi connectivity index (χ4v) is 6.00. The molecule has 0 atom stereocenters. The van der Waals surface area contributed by atoms with E-state index in [0.29, 0.717) is 82.7 Å². The van der Waals surface area contributed by atoms with Crippen LogP contribution in [0.1, 0.15) is 0 Å². The molecule has 11 heteroatoms. The van der Waals surface area contributed by atoms with Gasteiger partial charge in [0.05, 0.1) is 34.0 Å². The third-order valence-electron chi connectivity index (χ3n) is 8.40. The molecular weight excluding hydrogens is 614 g/mol. The lowest BCUT2D eigenvalue weighted by Crippen LogP contribution is -2.21. The molecule has 0 aliphatic carbocycles. The van der Waals surface area contributed by atoms with Crippen LogP contribution in [0.4, 0.5) is 0 Å².